The number of aliphatic hydroxyl groups is 1. The number of hydrogen-bond acceptors (Lipinski definition) is 5. The van der Waals surface area contributed by atoms with Gasteiger partial charge in [0, 0.05) is 18.0 Å². The van der Waals surface area contributed by atoms with Crippen LogP contribution in [0.4, 0.5) is 4.39 Å². The molecule has 0 saturated carbocycles. The molecule has 3 aromatic rings. The number of nitrogens with zero attached hydrogens (tertiary/aromatic N) is 1. The predicted octanol–water partition coefficient (Wildman–Crippen LogP) is 5.45. The topological polar surface area (TPSA) is 49.8 Å². The molecular weight excluding hydrogens is 437 g/mol. The Balaban J connectivity index is 1.84. The van der Waals surface area contributed by atoms with Crippen molar-refractivity contribution in [3.63, 3.8) is 0 Å². The van der Waals surface area contributed by atoms with Crippen LogP contribution in [0.1, 0.15) is 54.4 Å². The van der Waals surface area contributed by atoms with Gasteiger partial charge in [0.2, 0.25) is 0 Å². The smallest absolute Gasteiger partial charge is 0.340 e. The fourth-order valence-electron chi connectivity index (χ4n) is 4.95. The maximum Gasteiger partial charge on any atom is 0.340 e. The molecule has 1 aliphatic rings. The molecule has 0 radical (unpaired) electrons. The van der Waals surface area contributed by atoms with E-state index in [1.165, 1.54) is 23.5 Å². The van der Waals surface area contributed by atoms with E-state index in [9.17, 15) is 14.3 Å². The van der Waals surface area contributed by atoms with Crippen molar-refractivity contribution >= 4 is 17.3 Å². The first-order valence-electron chi connectivity index (χ1n) is 11.5. The van der Waals surface area contributed by atoms with Crippen molar-refractivity contribution < 1.29 is 19.0 Å². The number of aliphatic hydroxyl groups excluding tert-OH is 1. The monoisotopic (exact) mass is 467 g/mol. The Hall–Kier alpha value is -2.54. The van der Waals surface area contributed by atoms with Gasteiger partial charge in [-0.2, -0.15) is 0 Å². The van der Waals surface area contributed by atoms with Gasteiger partial charge in [-0.25, -0.2) is 9.18 Å². The lowest BCUT2D eigenvalue weighted by Crippen LogP contribution is -2.43. The van der Waals surface area contributed by atoms with Crippen LogP contribution >= 0.6 is 11.3 Å². The fourth-order valence-corrected chi connectivity index (χ4v) is 5.83. The zero-order chi connectivity index (χ0) is 23.4. The number of hydrogen-bond donors (Lipinski definition) is 1. The normalized spacial score (nSPS) is 21.3. The van der Waals surface area contributed by atoms with Gasteiger partial charge in [-0.15, -0.1) is 11.3 Å². The number of halogens is 1. The second kappa shape index (κ2) is 10.2. The molecule has 4 rings (SSSR count). The lowest BCUT2D eigenvalue weighted by atomic mass is 9.84. The van der Waals surface area contributed by atoms with Crippen molar-refractivity contribution in [2.24, 2.45) is 0 Å². The summed E-state index contributed by atoms with van der Waals surface area (Å²) in [6, 6.07) is 17.5. The molecule has 1 aromatic heterocycles. The summed E-state index contributed by atoms with van der Waals surface area (Å²) in [5.74, 6) is -1.10. The van der Waals surface area contributed by atoms with Crippen LogP contribution in [-0.2, 0) is 21.6 Å². The van der Waals surface area contributed by atoms with Gasteiger partial charge in [0.1, 0.15) is 5.82 Å². The third kappa shape index (κ3) is 4.74. The highest BCUT2D eigenvalue weighted by atomic mass is 32.1. The summed E-state index contributed by atoms with van der Waals surface area (Å²) in [5, 5.41) is 12.8. The van der Waals surface area contributed by atoms with E-state index >= 15 is 0 Å². The first-order valence-corrected chi connectivity index (χ1v) is 12.4. The van der Waals surface area contributed by atoms with Gasteiger partial charge in [-0.05, 0) is 60.6 Å². The number of ether oxygens (including phenoxy) is 1. The maximum absolute atomic E-state index is 14.6. The second-order valence-corrected chi connectivity index (χ2v) is 9.41. The second-order valence-electron chi connectivity index (χ2n) is 8.46. The first-order chi connectivity index (χ1) is 16.0. The molecule has 0 unspecified atom stereocenters. The molecule has 1 aliphatic carbocycles. The highest BCUT2D eigenvalue weighted by Gasteiger charge is 2.46. The highest BCUT2D eigenvalue weighted by Crippen LogP contribution is 2.46. The molecule has 2 aromatic carbocycles. The minimum Gasteiger partial charge on any atom is -0.446 e. The molecule has 33 heavy (non-hydrogen) atoms. The van der Waals surface area contributed by atoms with E-state index in [2.05, 4.69) is 18.7 Å². The van der Waals surface area contributed by atoms with Gasteiger partial charge in [0.05, 0.1) is 4.88 Å². The maximum atomic E-state index is 14.6. The molecule has 6 heteroatoms. The van der Waals surface area contributed by atoms with Crippen molar-refractivity contribution in [2.75, 3.05) is 13.1 Å². The Labute approximate surface area is 198 Å². The van der Waals surface area contributed by atoms with Crippen LogP contribution in [0.2, 0.25) is 0 Å². The molecule has 0 amide bonds. The molecule has 0 bridgehead atoms. The summed E-state index contributed by atoms with van der Waals surface area (Å²) in [4.78, 5) is 16.6. The lowest BCUT2D eigenvalue weighted by molar-refractivity contribution is -0.169. The molecule has 0 saturated heterocycles. The molecule has 4 nitrogen and oxygen atoms in total. The van der Waals surface area contributed by atoms with E-state index in [1.54, 1.807) is 30.3 Å². The van der Waals surface area contributed by atoms with Crippen LogP contribution in [0.5, 0.6) is 0 Å². The lowest BCUT2D eigenvalue weighted by Gasteiger charge is -2.39. The Morgan fingerprint density at radius 2 is 1.94 bits per heavy atom. The summed E-state index contributed by atoms with van der Waals surface area (Å²) in [6.07, 6.45) is 0.726. The van der Waals surface area contributed by atoms with E-state index in [0.717, 1.165) is 36.4 Å². The summed E-state index contributed by atoms with van der Waals surface area (Å²) < 4.78 is 20.9. The minimum atomic E-state index is -1.42. The van der Waals surface area contributed by atoms with Crippen molar-refractivity contribution in [1.29, 1.82) is 0 Å². The molecule has 0 fully saturated rings. The van der Waals surface area contributed by atoms with Gasteiger partial charge < -0.3 is 14.7 Å². The number of carbonyl (C=O) groups excluding carboxylic acids is 1. The summed E-state index contributed by atoms with van der Waals surface area (Å²) >= 11 is 1.49. The molecule has 1 heterocycles. The van der Waals surface area contributed by atoms with Crippen LogP contribution in [-0.4, -0.2) is 35.1 Å². The third-order valence-corrected chi connectivity index (χ3v) is 7.65. The van der Waals surface area contributed by atoms with Crippen molar-refractivity contribution in [1.82, 2.24) is 4.90 Å². The van der Waals surface area contributed by atoms with E-state index in [-0.39, 0.29) is 11.9 Å². The molecule has 1 N–H and O–H groups in total. The first kappa shape index (κ1) is 23.6. The van der Waals surface area contributed by atoms with Crippen LogP contribution in [0.25, 0.3) is 0 Å². The number of carbonyl (C=O) groups is 1. The predicted molar refractivity (Wildman–Crippen MR) is 129 cm³/mol. The molecular formula is C27H30FNO3S. The number of fused-ring (bicyclic) bond motifs is 1. The highest BCUT2D eigenvalue weighted by molar-refractivity contribution is 7.10. The quantitative estimate of drug-likeness (QED) is 0.371. The van der Waals surface area contributed by atoms with E-state index in [0.29, 0.717) is 17.5 Å². The zero-order valence-electron chi connectivity index (χ0n) is 19.0. The number of esters is 1. The Bertz CT molecular complexity index is 1070. The standard InChI is InChI=1S/C27H30FNO3S/c1-3-29(4-2)22-15-13-19-12-14-21(28)17-23(19)27(18-22,24-11-8-16-33-24)32-26(31)25(30)20-9-6-5-7-10-20/h5-12,14,16-17,22,25,30H,3-4,13,15,18H2,1-2H3/t22-,25+,27-/m0/s1. The number of rotatable bonds is 7. The molecule has 0 spiro atoms. The fraction of sp³-hybridized carbons (Fsp3) is 0.370. The van der Waals surface area contributed by atoms with E-state index < -0.39 is 17.7 Å². The van der Waals surface area contributed by atoms with Crippen LogP contribution in [0, 0.1) is 5.82 Å². The Kier molecular flexibility index (Phi) is 7.27. The summed E-state index contributed by atoms with van der Waals surface area (Å²) in [5.41, 5.74) is 0.939. The van der Waals surface area contributed by atoms with Gasteiger partial charge in [-0.3, -0.25) is 0 Å². The molecule has 0 aliphatic heterocycles. The summed E-state index contributed by atoms with van der Waals surface area (Å²) in [6.45, 7) is 5.98. The number of aryl methyl sites for hydroxylation is 1. The average molecular weight is 468 g/mol. The van der Waals surface area contributed by atoms with Crippen LogP contribution in [0.3, 0.4) is 0 Å². The SMILES string of the molecule is CCN(CC)[C@H]1CCc2ccc(F)cc2[C@](OC(=O)[C@H](O)c2ccccc2)(c2cccs2)C1. The largest absolute Gasteiger partial charge is 0.446 e. The van der Waals surface area contributed by atoms with Crippen molar-refractivity contribution in [3.05, 3.63) is 93.4 Å². The Morgan fingerprint density at radius 1 is 1.18 bits per heavy atom. The van der Waals surface area contributed by atoms with Crippen LogP contribution in [0.15, 0.2) is 66.0 Å². The third-order valence-electron chi connectivity index (χ3n) is 6.64. The molecule has 174 valence electrons. The zero-order valence-corrected chi connectivity index (χ0v) is 19.9. The van der Waals surface area contributed by atoms with Gasteiger partial charge in [0.15, 0.2) is 11.7 Å². The van der Waals surface area contributed by atoms with Crippen molar-refractivity contribution in [2.45, 2.75) is 50.9 Å². The Morgan fingerprint density at radius 3 is 2.61 bits per heavy atom. The van der Waals surface area contributed by atoms with Gasteiger partial charge in [-0.1, -0.05) is 56.3 Å². The van der Waals surface area contributed by atoms with E-state index in [4.69, 9.17) is 4.74 Å². The van der Waals surface area contributed by atoms with Crippen LogP contribution < -0.4 is 0 Å². The van der Waals surface area contributed by atoms with Crippen molar-refractivity contribution in [3.8, 4) is 0 Å². The number of benzene rings is 2. The van der Waals surface area contributed by atoms with E-state index in [1.807, 2.05) is 23.6 Å². The molecule has 3 atom stereocenters. The van der Waals surface area contributed by atoms with Gasteiger partial charge in [0.25, 0.3) is 0 Å². The minimum absolute atomic E-state index is 0.138. The summed E-state index contributed by atoms with van der Waals surface area (Å²) in [7, 11) is 0. The van der Waals surface area contributed by atoms with Gasteiger partial charge >= 0.3 is 5.97 Å². The number of thiophene rings is 1. The average Bonchev–Trinajstić information content (AvgIpc) is 3.34.